The molecule has 7 nitrogen and oxygen atoms in total. The molecule has 0 aliphatic rings. The van der Waals surface area contributed by atoms with E-state index in [0.29, 0.717) is 16.9 Å². The number of hydrogen-bond donors (Lipinski definition) is 1. The van der Waals surface area contributed by atoms with E-state index in [0.717, 1.165) is 29.5 Å². The first-order chi connectivity index (χ1) is 17.6. The first-order valence-corrected chi connectivity index (χ1v) is 14.2. The van der Waals surface area contributed by atoms with Gasteiger partial charge in [-0.1, -0.05) is 56.6 Å². The van der Waals surface area contributed by atoms with Crippen molar-refractivity contribution in [2.45, 2.75) is 52.9 Å². The first-order valence-electron chi connectivity index (χ1n) is 12.0. The molecule has 0 radical (unpaired) electrons. The van der Waals surface area contributed by atoms with Crippen LogP contribution in [0.3, 0.4) is 0 Å². The molecule has 0 saturated heterocycles. The molecule has 0 unspecified atom stereocenters. The third-order valence-corrected chi connectivity index (χ3v) is 7.37. The molecule has 12 heteroatoms. The summed E-state index contributed by atoms with van der Waals surface area (Å²) in [6, 6.07) is 8.92. The molecule has 0 aliphatic carbocycles. The molecule has 0 saturated carbocycles. The van der Waals surface area contributed by atoms with Crippen molar-refractivity contribution in [2.75, 3.05) is 23.7 Å². The van der Waals surface area contributed by atoms with Crippen LogP contribution < -0.4 is 9.62 Å². The van der Waals surface area contributed by atoms with Crippen molar-refractivity contribution in [2.24, 2.45) is 5.92 Å². The predicted molar refractivity (Wildman–Crippen MR) is 142 cm³/mol. The highest BCUT2D eigenvalue weighted by molar-refractivity contribution is 7.92. The van der Waals surface area contributed by atoms with Crippen molar-refractivity contribution in [3.8, 4) is 0 Å². The summed E-state index contributed by atoms with van der Waals surface area (Å²) in [5, 5.41) is 2.21. The maximum atomic E-state index is 13.7. The largest absolute Gasteiger partial charge is 0.417 e. The van der Waals surface area contributed by atoms with E-state index in [4.69, 9.17) is 11.6 Å². The predicted octanol–water partition coefficient (Wildman–Crippen LogP) is 5.01. The van der Waals surface area contributed by atoms with Gasteiger partial charge in [0.1, 0.15) is 12.6 Å². The van der Waals surface area contributed by atoms with Crippen LogP contribution >= 0.6 is 11.6 Å². The molecule has 0 aliphatic heterocycles. The Morgan fingerprint density at radius 1 is 1.11 bits per heavy atom. The second-order valence-electron chi connectivity index (χ2n) is 9.44. The number of halogens is 4. The molecule has 210 valence electrons. The number of alkyl halides is 3. The van der Waals surface area contributed by atoms with Gasteiger partial charge in [0, 0.05) is 13.1 Å². The summed E-state index contributed by atoms with van der Waals surface area (Å²) in [6.45, 7) is 6.98. The molecule has 2 aromatic rings. The smallest absolute Gasteiger partial charge is 0.354 e. The van der Waals surface area contributed by atoms with Gasteiger partial charge in [-0.15, -0.1) is 0 Å². The Morgan fingerprint density at radius 3 is 2.26 bits per heavy atom. The van der Waals surface area contributed by atoms with Gasteiger partial charge in [0.2, 0.25) is 21.8 Å². The normalized spacial score (nSPS) is 12.8. The second-order valence-corrected chi connectivity index (χ2v) is 11.8. The quantitative estimate of drug-likeness (QED) is 0.408. The molecular weight excluding hydrogens is 543 g/mol. The number of hydrogen-bond acceptors (Lipinski definition) is 4. The minimum atomic E-state index is -4.83. The Labute approximate surface area is 227 Å². The third-order valence-electron chi connectivity index (χ3n) is 5.89. The lowest BCUT2D eigenvalue weighted by Crippen LogP contribution is -2.52. The van der Waals surface area contributed by atoms with Gasteiger partial charge in [0.25, 0.3) is 0 Å². The van der Waals surface area contributed by atoms with Gasteiger partial charge in [0.15, 0.2) is 0 Å². The van der Waals surface area contributed by atoms with Crippen LogP contribution in [0.2, 0.25) is 5.02 Å². The van der Waals surface area contributed by atoms with E-state index in [1.165, 1.54) is 4.90 Å². The van der Waals surface area contributed by atoms with E-state index in [1.807, 2.05) is 32.9 Å². The Balaban J connectivity index is 2.52. The van der Waals surface area contributed by atoms with E-state index in [-0.39, 0.29) is 24.6 Å². The molecule has 2 rings (SSSR count). The molecular formula is C26H33ClF3N3O4S. The van der Waals surface area contributed by atoms with Crippen LogP contribution in [0.5, 0.6) is 0 Å². The summed E-state index contributed by atoms with van der Waals surface area (Å²) in [7, 11) is -4.20. The number of sulfonamides is 1. The number of amides is 2. The highest BCUT2D eigenvalue weighted by atomic mass is 35.5. The van der Waals surface area contributed by atoms with Crippen molar-refractivity contribution >= 4 is 39.1 Å². The van der Waals surface area contributed by atoms with Crippen molar-refractivity contribution in [3.05, 3.63) is 64.2 Å². The molecule has 0 aromatic heterocycles. The van der Waals surface area contributed by atoms with Gasteiger partial charge in [0.05, 0.1) is 22.5 Å². The molecule has 38 heavy (non-hydrogen) atoms. The van der Waals surface area contributed by atoms with Crippen LogP contribution in [0.15, 0.2) is 42.5 Å². The fourth-order valence-corrected chi connectivity index (χ4v) is 4.88. The van der Waals surface area contributed by atoms with E-state index in [2.05, 4.69) is 5.32 Å². The van der Waals surface area contributed by atoms with Crippen molar-refractivity contribution < 1.29 is 31.2 Å². The molecule has 2 amide bonds. The summed E-state index contributed by atoms with van der Waals surface area (Å²) in [5.41, 5.74) is 0.00250. The lowest BCUT2D eigenvalue weighted by Gasteiger charge is -2.33. The summed E-state index contributed by atoms with van der Waals surface area (Å²) in [4.78, 5) is 28.0. The van der Waals surface area contributed by atoms with Crippen molar-refractivity contribution in [1.29, 1.82) is 0 Å². The van der Waals surface area contributed by atoms with Gasteiger partial charge in [-0.2, -0.15) is 13.2 Å². The molecule has 1 N–H and O–H groups in total. The zero-order valence-corrected chi connectivity index (χ0v) is 23.5. The highest BCUT2D eigenvalue weighted by Crippen LogP contribution is 2.37. The van der Waals surface area contributed by atoms with Gasteiger partial charge >= 0.3 is 6.18 Å². The molecule has 0 spiro atoms. The molecule has 1 atom stereocenters. The lowest BCUT2D eigenvalue weighted by molar-refractivity contribution is -0.140. The van der Waals surface area contributed by atoms with E-state index < -0.39 is 51.2 Å². The first kappa shape index (κ1) is 31.4. The van der Waals surface area contributed by atoms with E-state index >= 15 is 0 Å². The SMILES string of the molecule is CC[C@@H](C(=O)NCC(C)C)N(Cc1ccccc1C)C(=O)CN(c1ccc(Cl)c(C(F)(F)F)c1)S(C)(=O)=O. The third kappa shape index (κ3) is 8.36. The van der Waals surface area contributed by atoms with Gasteiger partial charge in [-0.05, 0) is 48.6 Å². The zero-order valence-electron chi connectivity index (χ0n) is 22.0. The van der Waals surface area contributed by atoms with Crippen LogP contribution in [0.4, 0.5) is 18.9 Å². The number of aryl methyl sites for hydroxylation is 1. The number of carbonyl (C=O) groups is 2. The lowest BCUT2D eigenvalue weighted by atomic mass is 10.1. The Morgan fingerprint density at radius 2 is 1.74 bits per heavy atom. The molecule has 2 aromatic carbocycles. The van der Waals surface area contributed by atoms with E-state index in [1.54, 1.807) is 19.1 Å². The summed E-state index contributed by atoms with van der Waals surface area (Å²) < 4.78 is 66.3. The number of rotatable bonds is 11. The number of nitrogens with one attached hydrogen (secondary N) is 1. The Bertz CT molecular complexity index is 1250. The van der Waals surface area contributed by atoms with E-state index in [9.17, 15) is 31.2 Å². The van der Waals surface area contributed by atoms with Crippen molar-refractivity contribution in [3.63, 3.8) is 0 Å². The molecule has 0 fully saturated rings. The van der Waals surface area contributed by atoms with Crippen LogP contribution in [-0.2, 0) is 32.3 Å². The zero-order chi connectivity index (χ0) is 28.8. The number of carbonyl (C=O) groups excluding carboxylic acids is 2. The Hall–Kier alpha value is -2.79. The highest BCUT2D eigenvalue weighted by Gasteiger charge is 2.36. The van der Waals surface area contributed by atoms with Crippen LogP contribution in [0.25, 0.3) is 0 Å². The summed E-state index contributed by atoms with van der Waals surface area (Å²) in [6.07, 6.45) is -3.81. The number of benzene rings is 2. The van der Waals surface area contributed by atoms with Crippen LogP contribution in [0.1, 0.15) is 43.9 Å². The average Bonchev–Trinajstić information content (AvgIpc) is 2.81. The number of nitrogens with zero attached hydrogens (tertiary/aromatic N) is 2. The topological polar surface area (TPSA) is 86.8 Å². The number of anilines is 1. The monoisotopic (exact) mass is 575 g/mol. The summed E-state index contributed by atoms with van der Waals surface area (Å²) >= 11 is 5.70. The fourth-order valence-electron chi connectivity index (χ4n) is 3.81. The minimum Gasteiger partial charge on any atom is -0.354 e. The van der Waals surface area contributed by atoms with Gasteiger partial charge < -0.3 is 10.2 Å². The Kier molecular flexibility index (Phi) is 10.6. The fraction of sp³-hybridized carbons (Fsp3) is 0.462. The molecule has 0 heterocycles. The molecule has 0 bridgehead atoms. The van der Waals surface area contributed by atoms with Crippen LogP contribution in [0, 0.1) is 12.8 Å². The van der Waals surface area contributed by atoms with Crippen molar-refractivity contribution in [1.82, 2.24) is 10.2 Å². The standard InChI is InChI=1S/C26H33ClF3N3O4S/c1-6-23(25(35)31-14-17(2)3)32(15-19-10-8-7-9-18(19)4)24(34)16-33(38(5,36)37)20-11-12-22(27)21(13-20)26(28,29)30/h7-13,17,23H,6,14-16H2,1-5H3,(H,31,35)/t23-/m0/s1. The van der Waals surface area contributed by atoms with Gasteiger partial charge in [-0.25, -0.2) is 8.42 Å². The van der Waals surface area contributed by atoms with Gasteiger partial charge in [-0.3, -0.25) is 13.9 Å². The second kappa shape index (κ2) is 12.8. The maximum Gasteiger partial charge on any atom is 0.417 e. The maximum absolute atomic E-state index is 13.7. The average molecular weight is 576 g/mol. The minimum absolute atomic E-state index is 0.00509. The van der Waals surface area contributed by atoms with Crippen LogP contribution in [-0.4, -0.2) is 50.5 Å². The summed E-state index contributed by atoms with van der Waals surface area (Å²) in [5.74, 6) is -0.987.